The second-order valence-electron chi connectivity index (χ2n) is 5.77. The Hall–Kier alpha value is -0.860. The van der Waals surface area contributed by atoms with Crippen LogP contribution in [0, 0.1) is 5.92 Å². The van der Waals surface area contributed by atoms with E-state index < -0.39 is 0 Å². The molecule has 0 radical (unpaired) electrons. The molecule has 108 valence electrons. The van der Waals surface area contributed by atoms with E-state index in [-0.39, 0.29) is 6.10 Å². The Morgan fingerprint density at radius 2 is 1.74 bits per heavy atom. The third-order valence-corrected chi connectivity index (χ3v) is 4.08. The van der Waals surface area contributed by atoms with Crippen LogP contribution in [0.25, 0.3) is 0 Å². The summed E-state index contributed by atoms with van der Waals surface area (Å²) in [5.41, 5.74) is 1.31. The predicted octanol–water partition coefficient (Wildman–Crippen LogP) is 3.57. The second kappa shape index (κ2) is 8.34. The lowest BCUT2D eigenvalue weighted by Crippen LogP contribution is -2.35. The molecule has 0 saturated carbocycles. The average Bonchev–Trinajstić information content (AvgIpc) is 2.42. The van der Waals surface area contributed by atoms with Gasteiger partial charge in [-0.15, -0.1) is 0 Å². The highest BCUT2D eigenvalue weighted by atomic mass is 16.3. The largest absolute Gasteiger partial charge is 0.393 e. The molecule has 0 fully saturated rings. The van der Waals surface area contributed by atoms with Crippen molar-refractivity contribution in [3.8, 4) is 0 Å². The fourth-order valence-electron chi connectivity index (χ4n) is 2.36. The quantitative estimate of drug-likeness (QED) is 0.751. The van der Waals surface area contributed by atoms with E-state index in [4.69, 9.17) is 0 Å². The van der Waals surface area contributed by atoms with Gasteiger partial charge >= 0.3 is 0 Å². The summed E-state index contributed by atoms with van der Waals surface area (Å²) in [6, 6.07) is 11.0. The van der Waals surface area contributed by atoms with E-state index >= 15 is 0 Å². The highest BCUT2D eigenvalue weighted by Gasteiger charge is 2.16. The van der Waals surface area contributed by atoms with Gasteiger partial charge < -0.3 is 10.4 Å². The van der Waals surface area contributed by atoms with Crippen molar-refractivity contribution in [1.29, 1.82) is 0 Å². The van der Waals surface area contributed by atoms with Crippen LogP contribution in [0.15, 0.2) is 30.3 Å². The van der Waals surface area contributed by atoms with Crippen molar-refractivity contribution in [3.05, 3.63) is 35.9 Å². The molecule has 0 aromatic heterocycles. The van der Waals surface area contributed by atoms with E-state index in [2.05, 4.69) is 50.4 Å². The van der Waals surface area contributed by atoms with Gasteiger partial charge in [0, 0.05) is 12.6 Å². The van der Waals surface area contributed by atoms with Crippen molar-refractivity contribution in [3.63, 3.8) is 0 Å². The van der Waals surface area contributed by atoms with Gasteiger partial charge in [0.1, 0.15) is 0 Å². The van der Waals surface area contributed by atoms with Crippen molar-refractivity contribution in [2.45, 2.75) is 58.6 Å². The topological polar surface area (TPSA) is 32.3 Å². The fourth-order valence-corrected chi connectivity index (χ4v) is 2.36. The van der Waals surface area contributed by atoms with E-state index in [0.717, 1.165) is 13.0 Å². The molecule has 1 rings (SSSR count). The summed E-state index contributed by atoms with van der Waals surface area (Å²) in [7, 11) is 0. The van der Waals surface area contributed by atoms with Gasteiger partial charge in [-0.05, 0) is 37.7 Å². The maximum absolute atomic E-state index is 9.68. The molecular formula is C17H29NO. The minimum Gasteiger partial charge on any atom is -0.393 e. The third kappa shape index (κ3) is 5.75. The van der Waals surface area contributed by atoms with Gasteiger partial charge in [0.05, 0.1) is 6.10 Å². The van der Waals surface area contributed by atoms with Crippen LogP contribution in [0.4, 0.5) is 0 Å². The van der Waals surface area contributed by atoms with Crippen molar-refractivity contribution in [1.82, 2.24) is 5.32 Å². The molecule has 1 aromatic carbocycles. The predicted molar refractivity (Wildman–Crippen MR) is 82.4 cm³/mol. The van der Waals surface area contributed by atoms with Crippen LogP contribution in [0.1, 0.15) is 52.0 Å². The monoisotopic (exact) mass is 263 g/mol. The van der Waals surface area contributed by atoms with Crippen molar-refractivity contribution in [2.24, 2.45) is 5.92 Å². The summed E-state index contributed by atoms with van der Waals surface area (Å²) in [5, 5.41) is 13.3. The number of hydrogen-bond acceptors (Lipinski definition) is 2. The number of rotatable bonds is 8. The summed E-state index contributed by atoms with van der Waals surface area (Å²) >= 11 is 0. The van der Waals surface area contributed by atoms with Gasteiger partial charge in [-0.1, -0.05) is 50.6 Å². The smallest absolute Gasteiger partial charge is 0.0518 e. The van der Waals surface area contributed by atoms with E-state index in [0.29, 0.717) is 17.9 Å². The molecule has 2 nitrogen and oxygen atoms in total. The van der Waals surface area contributed by atoms with Crippen LogP contribution in [-0.4, -0.2) is 23.8 Å². The van der Waals surface area contributed by atoms with Crippen LogP contribution < -0.4 is 5.32 Å². The maximum Gasteiger partial charge on any atom is 0.0518 e. The van der Waals surface area contributed by atoms with E-state index in [9.17, 15) is 5.11 Å². The summed E-state index contributed by atoms with van der Waals surface area (Å²) in [6.45, 7) is 9.56. The SMILES string of the molecule is CCC(C)C(C)NCC(CC(C)O)c1ccccc1. The first-order chi connectivity index (χ1) is 9.04. The number of aliphatic hydroxyl groups is 1. The minimum absolute atomic E-state index is 0.258. The van der Waals surface area contributed by atoms with Gasteiger partial charge in [-0.25, -0.2) is 0 Å². The first kappa shape index (κ1) is 16.2. The van der Waals surface area contributed by atoms with E-state index in [1.54, 1.807) is 0 Å². The molecule has 1 aromatic rings. The average molecular weight is 263 g/mol. The zero-order valence-electron chi connectivity index (χ0n) is 12.8. The van der Waals surface area contributed by atoms with Crippen LogP contribution in [-0.2, 0) is 0 Å². The molecule has 2 N–H and O–H groups in total. The summed E-state index contributed by atoms with van der Waals surface area (Å²) in [5.74, 6) is 1.07. The highest BCUT2D eigenvalue weighted by Crippen LogP contribution is 2.21. The molecule has 19 heavy (non-hydrogen) atoms. The Bertz CT molecular complexity index is 336. The third-order valence-electron chi connectivity index (χ3n) is 4.08. The van der Waals surface area contributed by atoms with Crippen molar-refractivity contribution >= 4 is 0 Å². The van der Waals surface area contributed by atoms with Crippen LogP contribution in [0.5, 0.6) is 0 Å². The maximum atomic E-state index is 9.68. The first-order valence-corrected chi connectivity index (χ1v) is 7.51. The molecule has 4 unspecified atom stereocenters. The molecule has 0 spiro atoms. The molecule has 0 amide bonds. The first-order valence-electron chi connectivity index (χ1n) is 7.51. The lowest BCUT2D eigenvalue weighted by molar-refractivity contribution is 0.172. The Labute approximate surface area is 118 Å². The number of benzene rings is 1. The molecule has 0 bridgehead atoms. The molecule has 4 atom stereocenters. The lowest BCUT2D eigenvalue weighted by atomic mass is 9.92. The Kier molecular flexibility index (Phi) is 7.11. The highest BCUT2D eigenvalue weighted by molar-refractivity contribution is 5.20. The van der Waals surface area contributed by atoms with Gasteiger partial charge in [0.15, 0.2) is 0 Å². The van der Waals surface area contributed by atoms with Gasteiger partial charge in [0.2, 0.25) is 0 Å². The Morgan fingerprint density at radius 3 is 2.26 bits per heavy atom. The number of hydrogen-bond donors (Lipinski definition) is 2. The van der Waals surface area contributed by atoms with Crippen LogP contribution in [0.2, 0.25) is 0 Å². The molecule has 0 saturated heterocycles. The van der Waals surface area contributed by atoms with Gasteiger partial charge in [-0.3, -0.25) is 0 Å². The summed E-state index contributed by atoms with van der Waals surface area (Å²) in [6.07, 6.45) is 1.75. The van der Waals surface area contributed by atoms with E-state index in [1.807, 2.05) is 13.0 Å². The summed E-state index contributed by atoms with van der Waals surface area (Å²) < 4.78 is 0. The number of nitrogens with one attached hydrogen (secondary N) is 1. The summed E-state index contributed by atoms with van der Waals surface area (Å²) in [4.78, 5) is 0. The number of aliphatic hydroxyl groups excluding tert-OH is 1. The normalized spacial score (nSPS) is 17.7. The minimum atomic E-state index is -0.258. The van der Waals surface area contributed by atoms with Gasteiger partial charge in [-0.2, -0.15) is 0 Å². The van der Waals surface area contributed by atoms with Gasteiger partial charge in [0.25, 0.3) is 0 Å². The Morgan fingerprint density at radius 1 is 1.11 bits per heavy atom. The molecule has 0 aliphatic rings. The fraction of sp³-hybridized carbons (Fsp3) is 0.647. The second-order valence-corrected chi connectivity index (χ2v) is 5.77. The lowest BCUT2D eigenvalue weighted by Gasteiger charge is -2.25. The standard InChI is InChI=1S/C17H29NO/c1-5-13(2)15(4)18-12-17(11-14(3)19)16-9-7-6-8-10-16/h6-10,13-15,17-19H,5,11-12H2,1-4H3. The van der Waals surface area contributed by atoms with E-state index in [1.165, 1.54) is 12.0 Å². The zero-order valence-corrected chi connectivity index (χ0v) is 12.8. The molecule has 2 heteroatoms. The molecule has 0 aliphatic heterocycles. The van der Waals surface area contributed by atoms with Crippen LogP contribution >= 0.6 is 0 Å². The molecule has 0 heterocycles. The van der Waals surface area contributed by atoms with Crippen molar-refractivity contribution < 1.29 is 5.11 Å². The zero-order chi connectivity index (χ0) is 14.3. The molecular weight excluding hydrogens is 234 g/mol. The van der Waals surface area contributed by atoms with Crippen molar-refractivity contribution in [2.75, 3.05) is 6.54 Å². The molecule has 0 aliphatic carbocycles. The Balaban J connectivity index is 2.61. The van der Waals surface area contributed by atoms with Crippen LogP contribution in [0.3, 0.4) is 0 Å².